The first-order valence-electron chi connectivity index (χ1n) is 12.9. The van der Waals surface area contributed by atoms with Crippen molar-refractivity contribution >= 4 is 23.0 Å². The SMILES string of the molecule is CCc1cccc(C)c1-n1c(C)cc([C@H]2[C@@H](c3ccccn3)NC(=S)N2c2cc(OC)ccc2OC)c1C. The Hall–Kier alpha value is -3.84. The summed E-state index contributed by atoms with van der Waals surface area (Å²) in [5.74, 6) is 1.46. The second-order valence-corrected chi connectivity index (χ2v) is 10.0. The van der Waals surface area contributed by atoms with Gasteiger partial charge in [-0.05, 0) is 86.4 Å². The molecule has 0 amide bonds. The number of aryl methyl sites for hydroxylation is 3. The van der Waals surface area contributed by atoms with Gasteiger partial charge in [0.2, 0.25) is 0 Å². The number of hydrogen-bond donors (Lipinski definition) is 1. The average molecular weight is 527 g/mol. The van der Waals surface area contributed by atoms with Gasteiger partial charge in [-0.15, -0.1) is 0 Å². The summed E-state index contributed by atoms with van der Waals surface area (Å²) in [4.78, 5) is 6.88. The van der Waals surface area contributed by atoms with Gasteiger partial charge in [0.1, 0.15) is 11.5 Å². The van der Waals surface area contributed by atoms with Crippen LogP contribution in [0.4, 0.5) is 5.69 Å². The number of aromatic nitrogens is 2. The predicted octanol–water partition coefficient (Wildman–Crippen LogP) is 6.55. The molecule has 3 heterocycles. The molecule has 0 radical (unpaired) electrons. The third-order valence-corrected chi connectivity index (χ3v) is 7.77. The second-order valence-electron chi connectivity index (χ2n) is 9.63. The molecule has 0 bridgehead atoms. The molecular weight excluding hydrogens is 492 g/mol. The summed E-state index contributed by atoms with van der Waals surface area (Å²) in [6.45, 7) is 8.77. The standard InChI is InChI=1S/C31H34N4O2S/c1-7-22-12-10-11-19(2)29(22)34-20(3)17-24(21(34)4)30-28(25-13-8-9-16-32-25)33-31(38)35(30)26-18-23(36-5)14-15-27(26)37-6/h8-18,28,30H,7H2,1-6H3,(H,33,38)/t28-,30+/m1/s1. The molecule has 2 aromatic carbocycles. The highest BCUT2D eigenvalue weighted by molar-refractivity contribution is 7.80. The lowest BCUT2D eigenvalue weighted by molar-refractivity contribution is 0.403. The quantitative estimate of drug-likeness (QED) is 0.276. The Bertz CT molecular complexity index is 1480. The first kappa shape index (κ1) is 25.8. The van der Waals surface area contributed by atoms with Crippen molar-refractivity contribution in [3.05, 3.63) is 101 Å². The number of thiocarbonyl (C=S) groups is 1. The van der Waals surface area contributed by atoms with Crippen molar-refractivity contribution in [3.63, 3.8) is 0 Å². The Morgan fingerprint density at radius 2 is 1.79 bits per heavy atom. The number of anilines is 1. The van der Waals surface area contributed by atoms with E-state index in [0.717, 1.165) is 29.3 Å². The van der Waals surface area contributed by atoms with Crippen LogP contribution in [0.3, 0.4) is 0 Å². The van der Waals surface area contributed by atoms with Crippen LogP contribution in [0, 0.1) is 20.8 Å². The molecular formula is C31H34N4O2S. The van der Waals surface area contributed by atoms with Crippen molar-refractivity contribution < 1.29 is 9.47 Å². The van der Waals surface area contributed by atoms with Crippen molar-refractivity contribution in [3.8, 4) is 17.2 Å². The molecule has 38 heavy (non-hydrogen) atoms. The Morgan fingerprint density at radius 3 is 2.47 bits per heavy atom. The van der Waals surface area contributed by atoms with Gasteiger partial charge in [0, 0.05) is 23.7 Å². The summed E-state index contributed by atoms with van der Waals surface area (Å²) in [7, 11) is 3.35. The van der Waals surface area contributed by atoms with Crippen LogP contribution in [0.2, 0.25) is 0 Å². The summed E-state index contributed by atoms with van der Waals surface area (Å²) < 4.78 is 13.8. The number of benzene rings is 2. The Morgan fingerprint density at radius 1 is 0.974 bits per heavy atom. The smallest absolute Gasteiger partial charge is 0.174 e. The summed E-state index contributed by atoms with van der Waals surface area (Å²) >= 11 is 5.98. The summed E-state index contributed by atoms with van der Waals surface area (Å²) in [5.41, 5.74) is 9.15. The van der Waals surface area contributed by atoms with Crippen LogP contribution in [0.15, 0.2) is 66.9 Å². The molecule has 6 nitrogen and oxygen atoms in total. The molecule has 2 aromatic heterocycles. The lowest BCUT2D eigenvalue weighted by Gasteiger charge is -2.29. The minimum atomic E-state index is -0.160. The van der Waals surface area contributed by atoms with Crippen molar-refractivity contribution in [2.24, 2.45) is 0 Å². The largest absolute Gasteiger partial charge is 0.497 e. The number of pyridine rings is 1. The molecule has 1 N–H and O–H groups in total. The highest BCUT2D eigenvalue weighted by Crippen LogP contribution is 2.47. The van der Waals surface area contributed by atoms with Crippen molar-refractivity contribution in [1.29, 1.82) is 0 Å². The fraction of sp³-hybridized carbons (Fsp3) is 0.290. The zero-order chi connectivity index (χ0) is 27.0. The van der Waals surface area contributed by atoms with E-state index >= 15 is 0 Å². The molecule has 1 aliphatic rings. The Labute approximate surface area is 230 Å². The van der Waals surface area contributed by atoms with Gasteiger partial charge in [0.25, 0.3) is 0 Å². The van der Waals surface area contributed by atoms with Gasteiger partial charge in [0.05, 0.1) is 43.4 Å². The number of hydrogen-bond acceptors (Lipinski definition) is 4. The number of rotatable bonds is 7. The van der Waals surface area contributed by atoms with Gasteiger partial charge < -0.3 is 24.3 Å². The normalized spacial score (nSPS) is 17.0. The van der Waals surface area contributed by atoms with Crippen LogP contribution >= 0.6 is 12.2 Å². The number of nitrogens with zero attached hydrogens (tertiary/aromatic N) is 3. The van der Waals surface area contributed by atoms with Gasteiger partial charge >= 0.3 is 0 Å². The van der Waals surface area contributed by atoms with Crippen LogP contribution < -0.4 is 19.7 Å². The highest BCUT2D eigenvalue weighted by atomic mass is 32.1. The molecule has 7 heteroatoms. The Balaban J connectivity index is 1.75. The fourth-order valence-electron chi connectivity index (χ4n) is 5.67. The van der Waals surface area contributed by atoms with Crippen LogP contribution in [0.1, 0.15) is 52.8 Å². The van der Waals surface area contributed by atoms with Crippen molar-refractivity contribution in [2.75, 3.05) is 19.1 Å². The molecule has 5 rings (SSSR count). The van der Waals surface area contributed by atoms with E-state index in [1.54, 1.807) is 14.2 Å². The fourth-order valence-corrected chi connectivity index (χ4v) is 6.01. The van der Waals surface area contributed by atoms with Gasteiger partial charge in [-0.25, -0.2) is 0 Å². The zero-order valence-electron chi connectivity index (χ0n) is 22.8. The van der Waals surface area contributed by atoms with E-state index in [1.807, 2.05) is 36.5 Å². The third kappa shape index (κ3) is 4.31. The molecule has 0 unspecified atom stereocenters. The monoisotopic (exact) mass is 526 g/mol. The minimum Gasteiger partial charge on any atom is -0.497 e. The minimum absolute atomic E-state index is 0.156. The molecule has 2 atom stereocenters. The number of ether oxygens (including phenoxy) is 2. The number of para-hydroxylation sites is 1. The number of methoxy groups -OCH3 is 2. The zero-order valence-corrected chi connectivity index (χ0v) is 23.6. The van der Waals surface area contributed by atoms with Gasteiger partial charge in [0.15, 0.2) is 5.11 Å². The van der Waals surface area contributed by atoms with E-state index in [2.05, 4.69) is 72.8 Å². The first-order chi connectivity index (χ1) is 18.4. The van der Waals surface area contributed by atoms with Crippen LogP contribution in [-0.2, 0) is 6.42 Å². The second kappa shape index (κ2) is 10.5. The topological polar surface area (TPSA) is 51.6 Å². The molecule has 1 aliphatic heterocycles. The summed E-state index contributed by atoms with van der Waals surface area (Å²) in [6.07, 6.45) is 2.79. The molecule has 0 aliphatic carbocycles. The summed E-state index contributed by atoms with van der Waals surface area (Å²) in [5, 5.41) is 4.19. The van der Waals surface area contributed by atoms with E-state index in [1.165, 1.54) is 33.8 Å². The van der Waals surface area contributed by atoms with Crippen LogP contribution in [-0.4, -0.2) is 28.9 Å². The van der Waals surface area contributed by atoms with E-state index in [4.69, 9.17) is 26.7 Å². The Kier molecular flexibility index (Phi) is 7.13. The third-order valence-electron chi connectivity index (χ3n) is 7.46. The molecule has 1 fully saturated rings. The van der Waals surface area contributed by atoms with E-state index in [9.17, 15) is 0 Å². The van der Waals surface area contributed by atoms with E-state index < -0.39 is 0 Å². The molecule has 0 saturated carbocycles. The highest BCUT2D eigenvalue weighted by Gasteiger charge is 2.43. The van der Waals surface area contributed by atoms with Crippen LogP contribution in [0.25, 0.3) is 5.69 Å². The first-order valence-corrected chi connectivity index (χ1v) is 13.3. The van der Waals surface area contributed by atoms with Crippen molar-refractivity contribution in [1.82, 2.24) is 14.9 Å². The molecule has 4 aromatic rings. The van der Waals surface area contributed by atoms with Crippen LogP contribution in [0.5, 0.6) is 11.5 Å². The van der Waals surface area contributed by atoms with Crippen molar-refractivity contribution in [2.45, 2.75) is 46.2 Å². The maximum atomic E-state index is 5.98. The molecule has 1 saturated heterocycles. The average Bonchev–Trinajstić information content (AvgIpc) is 3.43. The maximum absolute atomic E-state index is 5.98. The van der Waals surface area contributed by atoms with Gasteiger partial charge in [-0.3, -0.25) is 4.98 Å². The van der Waals surface area contributed by atoms with E-state index in [0.29, 0.717) is 5.11 Å². The number of nitrogens with one attached hydrogen (secondary N) is 1. The summed E-state index contributed by atoms with van der Waals surface area (Å²) in [6, 6.07) is 20.3. The lowest BCUT2D eigenvalue weighted by Crippen LogP contribution is -2.30. The predicted molar refractivity (Wildman–Crippen MR) is 157 cm³/mol. The molecule has 0 spiro atoms. The van der Waals surface area contributed by atoms with E-state index in [-0.39, 0.29) is 12.1 Å². The van der Waals surface area contributed by atoms with Gasteiger partial charge in [-0.1, -0.05) is 31.2 Å². The maximum Gasteiger partial charge on any atom is 0.174 e. The van der Waals surface area contributed by atoms with Gasteiger partial charge in [-0.2, -0.15) is 0 Å². The molecule has 196 valence electrons. The lowest BCUT2D eigenvalue weighted by atomic mass is 9.96.